The van der Waals surface area contributed by atoms with Gasteiger partial charge in [0.1, 0.15) is 0 Å². The van der Waals surface area contributed by atoms with E-state index < -0.39 is 0 Å². The van der Waals surface area contributed by atoms with Gasteiger partial charge in [-0.05, 0) is 44.0 Å². The van der Waals surface area contributed by atoms with E-state index in [9.17, 15) is 9.59 Å². The zero-order chi connectivity index (χ0) is 17.6. The van der Waals surface area contributed by atoms with Crippen LogP contribution in [0.15, 0.2) is 49.1 Å². The maximum Gasteiger partial charge on any atom is 0.253 e. The standard InChI is InChI=1S/C19H24N4O2/c1-15(22-10-2-3-11-22)14-18(24)21-17-6-12-23(13-7-17)19(25)16-4-8-20-9-5-16/h2-5,8-11,15,17H,6-7,12-14H2,1H3,(H,21,24)/t15-/m0/s1. The van der Waals surface area contributed by atoms with E-state index in [0.717, 1.165) is 12.8 Å². The normalized spacial score (nSPS) is 16.4. The smallest absolute Gasteiger partial charge is 0.253 e. The van der Waals surface area contributed by atoms with Gasteiger partial charge in [-0.1, -0.05) is 0 Å². The van der Waals surface area contributed by atoms with Crippen molar-refractivity contribution in [1.82, 2.24) is 19.8 Å². The molecule has 0 saturated carbocycles. The van der Waals surface area contributed by atoms with Crippen LogP contribution in [0.4, 0.5) is 0 Å². The minimum atomic E-state index is 0.0356. The highest BCUT2D eigenvalue weighted by atomic mass is 16.2. The molecule has 3 heterocycles. The molecular formula is C19H24N4O2. The van der Waals surface area contributed by atoms with E-state index in [1.54, 1.807) is 24.5 Å². The van der Waals surface area contributed by atoms with Gasteiger partial charge in [-0.15, -0.1) is 0 Å². The Bertz CT molecular complexity index is 691. The number of carbonyl (C=O) groups excluding carboxylic acids is 2. The van der Waals surface area contributed by atoms with Crippen LogP contribution in [0.2, 0.25) is 0 Å². The molecule has 0 spiro atoms. The molecular weight excluding hydrogens is 316 g/mol. The predicted molar refractivity (Wildman–Crippen MR) is 95.1 cm³/mol. The van der Waals surface area contributed by atoms with E-state index >= 15 is 0 Å². The lowest BCUT2D eigenvalue weighted by Crippen LogP contribution is -2.46. The van der Waals surface area contributed by atoms with Crippen molar-refractivity contribution in [3.05, 3.63) is 54.6 Å². The molecule has 1 N–H and O–H groups in total. The molecule has 1 aliphatic heterocycles. The van der Waals surface area contributed by atoms with Crippen molar-refractivity contribution in [3.8, 4) is 0 Å². The molecule has 1 saturated heterocycles. The van der Waals surface area contributed by atoms with Gasteiger partial charge < -0.3 is 14.8 Å². The maximum absolute atomic E-state index is 12.4. The molecule has 132 valence electrons. The van der Waals surface area contributed by atoms with Crippen LogP contribution in [-0.2, 0) is 4.79 Å². The van der Waals surface area contributed by atoms with E-state index in [-0.39, 0.29) is 23.9 Å². The van der Waals surface area contributed by atoms with E-state index in [2.05, 4.69) is 10.3 Å². The van der Waals surface area contributed by atoms with Crippen molar-refractivity contribution in [2.45, 2.75) is 38.3 Å². The Morgan fingerprint density at radius 2 is 1.84 bits per heavy atom. The van der Waals surface area contributed by atoms with Crippen molar-refractivity contribution < 1.29 is 9.59 Å². The first-order chi connectivity index (χ1) is 12.1. The van der Waals surface area contributed by atoms with Crippen LogP contribution < -0.4 is 5.32 Å². The molecule has 6 heteroatoms. The number of carbonyl (C=O) groups is 2. The second-order valence-electron chi connectivity index (χ2n) is 6.55. The Labute approximate surface area is 147 Å². The highest BCUT2D eigenvalue weighted by Gasteiger charge is 2.24. The van der Waals surface area contributed by atoms with Crippen molar-refractivity contribution in [3.63, 3.8) is 0 Å². The molecule has 0 radical (unpaired) electrons. The summed E-state index contributed by atoms with van der Waals surface area (Å²) in [6, 6.07) is 7.68. The lowest BCUT2D eigenvalue weighted by Gasteiger charge is -2.32. The van der Waals surface area contributed by atoms with Gasteiger partial charge in [-0.25, -0.2) is 0 Å². The van der Waals surface area contributed by atoms with Gasteiger partial charge in [0.15, 0.2) is 0 Å². The van der Waals surface area contributed by atoms with Gasteiger partial charge in [0, 0.05) is 61.9 Å². The molecule has 0 unspecified atom stereocenters. The van der Waals surface area contributed by atoms with Crippen LogP contribution in [0.1, 0.15) is 42.6 Å². The van der Waals surface area contributed by atoms with E-state index in [1.165, 1.54) is 0 Å². The number of piperidine rings is 1. The second-order valence-corrected chi connectivity index (χ2v) is 6.55. The summed E-state index contributed by atoms with van der Waals surface area (Å²) in [6.07, 6.45) is 9.26. The van der Waals surface area contributed by atoms with Gasteiger partial charge in [0.25, 0.3) is 5.91 Å². The summed E-state index contributed by atoms with van der Waals surface area (Å²) in [7, 11) is 0. The highest BCUT2D eigenvalue weighted by molar-refractivity contribution is 5.94. The van der Waals surface area contributed by atoms with Crippen LogP contribution in [0.5, 0.6) is 0 Å². The SMILES string of the molecule is C[C@@H](CC(=O)NC1CCN(C(=O)c2ccncc2)CC1)n1cccc1. The summed E-state index contributed by atoms with van der Waals surface area (Å²) < 4.78 is 2.04. The van der Waals surface area contributed by atoms with Crippen LogP contribution in [-0.4, -0.2) is 45.4 Å². The number of hydrogen-bond donors (Lipinski definition) is 1. The lowest BCUT2D eigenvalue weighted by molar-refractivity contribution is -0.122. The number of aromatic nitrogens is 2. The summed E-state index contributed by atoms with van der Waals surface area (Å²) in [6.45, 7) is 3.37. The third-order valence-corrected chi connectivity index (χ3v) is 4.69. The average Bonchev–Trinajstić information content (AvgIpc) is 3.17. The summed E-state index contributed by atoms with van der Waals surface area (Å²) in [5, 5.41) is 3.11. The summed E-state index contributed by atoms with van der Waals surface area (Å²) in [4.78, 5) is 30.4. The molecule has 0 aliphatic carbocycles. The number of hydrogen-bond acceptors (Lipinski definition) is 3. The van der Waals surface area contributed by atoms with Gasteiger partial charge in [-0.2, -0.15) is 0 Å². The monoisotopic (exact) mass is 340 g/mol. The topological polar surface area (TPSA) is 67.2 Å². The summed E-state index contributed by atoms with van der Waals surface area (Å²) >= 11 is 0. The van der Waals surface area contributed by atoms with E-state index in [1.807, 2.05) is 40.9 Å². The molecule has 2 amide bonds. The molecule has 1 fully saturated rings. The van der Waals surface area contributed by atoms with Crippen molar-refractivity contribution in [2.24, 2.45) is 0 Å². The van der Waals surface area contributed by atoms with Crippen molar-refractivity contribution >= 4 is 11.8 Å². The third kappa shape index (κ3) is 4.47. The Morgan fingerprint density at radius 1 is 1.20 bits per heavy atom. The lowest BCUT2D eigenvalue weighted by atomic mass is 10.0. The number of rotatable bonds is 5. The Balaban J connectivity index is 1.44. The quantitative estimate of drug-likeness (QED) is 0.908. The first kappa shape index (κ1) is 17.2. The predicted octanol–water partition coefficient (Wildman–Crippen LogP) is 2.26. The molecule has 0 aromatic carbocycles. The molecule has 2 aromatic rings. The Kier molecular flexibility index (Phi) is 5.48. The van der Waals surface area contributed by atoms with Crippen LogP contribution in [0.3, 0.4) is 0 Å². The Hall–Kier alpha value is -2.63. The number of nitrogens with one attached hydrogen (secondary N) is 1. The first-order valence-electron chi connectivity index (χ1n) is 8.74. The minimum absolute atomic E-state index is 0.0356. The maximum atomic E-state index is 12.4. The van der Waals surface area contributed by atoms with Gasteiger partial charge in [0.05, 0.1) is 0 Å². The number of pyridine rings is 1. The second kappa shape index (κ2) is 7.96. The third-order valence-electron chi connectivity index (χ3n) is 4.69. The Morgan fingerprint density at radius 3 is 2.48 bits per heavy atom. The largest absolute Gasteiger partial charge is 0.353 e. The molecule has 3 rings (SSSR count). The van der Waals surface area contributed by atoms with Gasteiger partial charge >= 0.3 is 0 Å². The molecule has 1 atom stereocenters. The van der Waals surface area contributed by atoms with Gasteiger partial charge in [0.2, 0.25) is 5.91 Å². The number of likely N-dealkylation sites (tertiary alicyclic amines) is 1. The molecule has 2 aromatic heterocycles. The van der Waals surface area contributed by atoms with Crippen LogP contribution in [0.25, 0.3) is 0 Å². The van der Waals surface area contributed by atoms with Crippen molar-refractivity contribution in [2.75, 3.05) is 13.1 Å². The van der Waals surface area contributed by atoms with E-state index in [4.69, 9.17) is 0 Å². The fourth-order valence-corrected chi connectivity index (χ4v) is 3.21. The molecule has 25 heavy (non-hydrogen) atoms. The summed E-state index contributed by atoms with van der Waals surface area (Å²) in [5.74, 6) is 0.105. The highest BCUT2D eigenvalue weighted by Crippen LogP contribution is 2.15. The number of amides is 2. The first-order valence-corrected chi connectivity index (χ1v) is 8.74. The zero-order valence-corrected chi connectivity index (χ0v) is 14.5. The fraction of sp³-hybridized carbons (Fsp3) is 0.421. The van der Waals surface area contributed by atoms with E-state index in [0.29, 0.717) is 25.1 Å². The van der Waals surface area contributed by atoms with Crippen LogP contribution in [0, 0.1) is 0 Å². The minimum Gasteiger partial charge on any atom is -0.353 e. The van der Waals surface area contributed by atoms with Crippen LogP contribution >= 0.6 is 0 Å². The average molecular weight is 340 g/mol. The zero-order valence-electron chi connectivity index (χ0n) is 14.5. The number of nitrogens with zero attached hydrogens (tertiary/aromatic N) is 3. The van der Waals surface area contributed by atoms with Crippen molar-refractivity contribution in [1.29, 1.82) is 0 Å². The fourth-order valence-electron chi connectivity index (χ4n) is 3.21. The molecule has 0 bridgehead atoms. The summed E-state index contributed by atoms with van der Waals surface area (Å²) in [5.41, 5.74) is 0.665. The molecule has 1 aliphatic rings. The molecule has 6 nitrogen and oxygen atoms in total. The van der Waals surface area contributed by atoms with Gasteiger partial charge in [-0.3, -0.25) is 14.6 Å².